The molecule has 0 amide bonds. The van der Waals surface area contributed by atoms with Crippen molar-refractivity contribution in [1.29, 1.82) is 0 Å². The molecule has 0 aliphatic carbocycles. The number of hydrogen-bond donors (Lipinski definition) is 0. The monoisotopic (exact) mass is 327 g/mol. The van der Waals surface area contributed by atoms with Gasteiger partial charge in [-0.3, -0.25) is 0 Å². The Bertz CT molecular complexity index is 584. The third-order valence-corrected chi connectivity index (χ3v) is 5.65. The molecule has 1 atom stereocenters. The second-order valence-corrected chi connectivity index (χ2v) is 7.93. The van der Waals surface area contributed by atoms with Crippen LogP contribution in [0.25, 0.3) is 0 Å². The van der Waals surface area contributed by atoms with E-state index >= 15 is 0 Å². The molecule has 1 unspecified atom stereocenters. The van der Waals surface area contributed by atoms with Crippen LogP contribution in [-0.2, 0) is 10.0 Å². The molecule has 22 heavy (non-hydrogen) atoms. The molecule has 1 fully saturated rings. The number of sulfonamides is 1. The number of aryl methyl sites for hydroxylation is 2. The van der Waals surface area contributed by atoms with Gasteiger partial charge < -0.3 is 4.74 Å². The van der Waals surface area contributed by atoms with Crippen molar-refractivity contribution in [2.45, 2.75) is 52.6 Å². The summed E-state index contributed by atoms with van der Waals surface area (Å²) in [7, 11) is -3.17. The zero-order valence-electron chi connectivity index (χ0n) is 13.6. The third-order valence-electron chi connectivity index (χ3n) is 3.72. The van der Waals surface area contributed by atoms with Gasteiger partial charge in [-0.15, -0.1) is 0 Å². The molecular formula is C15H25N3O3S. The van der Waals surface area contributed by atoms with Crippen molar-refractivity contribution >= 4 is 10.0 Å². The van der Waals surface area contributed by atoms with Crippen LogP contribution in [0.3, 0.4) is 0 Å². The number of nitrogens with zero attached hydrogens (tertiary/aromatic N) is 3. The number of unbranched alkanes of at least 4 members (excludes halogenated alkanes) is 1. The summed E-state index contributed by atoms with van der Waals surface area (Å²) in [6.07, 6.45) is 3.04. The van der Waals surface area contributed by atoms with Crippen LogP contribution in [0, 0.1) is 13.8 Å². The maximum Gasteiger partial charge on any atom is 0.317 e. The van der Waals surface area contributed by atoms with Gasteiger partial charge in [-0.1, -0.05) is 13.3 Å². The quantitative estimate of drug-likeness (QED) is 0.800. The number of ether oxygens (including phenoxy) is 1. The highest BCUT2D eigenvalue weighted by molar-refractivity contribution is 7.89. The lowest BCUT2D eigenvalue weighted by atomic mass is 10.1. The van der Waals surface area contributed by atoms with Gasteiger partial charge in [-0.2, -0.15) is 4.31 Å². The predicted molar refractivity (Wildman–Crippen MR) is 85.4 cm³/mol. The van der Waals surface area contributed by atoms with E-state index in [4.69, 9.17) is 4.74 Å². The van der Waals surface area contributed by atoms with Crippen LogP contribution in [0.1, 0.15) is 44.0 Å². The number of hydrogen-bond acceptors (Lipinski definition) is 5. The van der Waals surface area contributed by atoms with E-state index in [0.717, 1.165) is 30.7 Å². The lowest BCUT2D eigenvalue weighted by Crippen LogP contribution is -2.45. The van der Waals surface area contributed by atoms with Crippen molar-refractivity contribution in [3.8, 4) is 6.01 Å². The fraction of sp³-hybridized carbons (Fsp3) is 0.733. The first-order valence-corrected chi connectivity index (χ1v) is 9.48. The summed E-state index contributed by atoms with van der Waals surface area (Å²) < 4.78 is 32.0. The minimum atomic E-state index is -3.17. The fourth-order valence-electron chi connectivity index (χ4n) is 2.61. The first-order valence-electron chi connectivity index (χ1n) is 7.87. The minimum Gasteiger partial charge on any atom is -0.459 e. The molecule has 124 valence electrons. The number of piperidine rings is 1. The highest BCUT2D eigenvalue weighted by atomic mass is 32.2. The summed E-state index contributed by atoms with van der Waals surface area (Å²) in [5, 5.41) is 0. The Morgan fingerprint density at radius 2 is 2.00 bits per heavy atom. The molecule has 2 heterocycles. The molecule has 7 heteroatoms. The van der Waals surface area contributed by atoms with E-state index in [1.54, 1.807) is 4.31 Å². The van der Waals surface area contributed by atoms with Crippen molar-refractivity contribution < 1.29 is 13.2 Å². The molecule has 1 aliphatic rings. The smallest absolute Gasteiger partial charge is 0.317 e. The van der Waals surface area contributed by atoms with E-state index in [0.29, 0.717) is 25.5 Å². The Morgan fingerprint density at radius 1 is 1.32 bits per heavy atom. The molecule has 2 rings (SSSR count). The van der Waals surface area contributed by atoms with Gasteiger partial charge in [0, 0.05) is 17.9 Å². The van der Waals surface area contributed by atoms with Gasteiger partial charge in [-0.05, 0) is 39.2 Å². The molecule has 0 N–H and O–H groups in total. The fourth-order valence-corrected chi connectivity index (χ4v) is 4.32. The summed E-state index contributed by atoms with van der Waals surface area (Å²) in [6, 6.07) is 2.23. The Kier molecular flexibility index (Phi) is 5.74. The summed E-state index contributed by atoms with van der Waals surface area (Å²) in [6.45, 7) is 6.75. The van der Waals surface area contributed by atoms with Crippen LogP contribution in [0.2, 0.25) is 0 Å². The summed E-state index contributed by atoms with van der Waals surface area (Å²) in [5.74, 6) is 0.219. The molecule has 1 aromatic rings. The normalized spacial score (nSPS) is 20.0. The standard InChI is InChI=1S/C15H25N3O3S/c1-4-5-9-22(19,20)18-8-6-7-14(11-18)21-15-16-12(2)10-13(3)17-15/h10,14H,4-9,11H2,1-3H3. The largest absolute Gasteiger partial charge is 0.459 e. The minimum absolute atomic E-state index is 0.175. The zero-order valence-corrected chi connectivity index (χ0v) is 14.4. The average Bonchev–Trinajstić information content (AvgIpc) is 2.44. The Hall–Kier alpha value is -1.21. The Balaban J connectivity index is 2.01. The molecule has 1 saturated heterocycles. The summed E-state index contributed by atoms with van der Waals surface area (Å²) >= 11 is 0. The molecule has 1 aromatic heterocycles. The van der Waals surface area contributed by atoms with E-state index < -0.39 is 10.0 Å². The van der Waals surface area contributed by atoms with Crippen molar-refractivity contribution in [3.05, 3.63) is 17.5 Å². The van der Waals surface area contributed by atoms with Gasteiger partial charge in [0.15, 0.2) is 0 Å². The number of aromatic nitrogens is 2. The second kappa shape index (κ2) is 7.37. The molecule has 1 aliphatic heterocycles. The first-order chi connectivity index (χ1) is 10.4. The lowest BCUT2D eigenvalue weighted by Gasteiger charge is -2.31. The van der Waals surface area contributed by atoms with Crippen LogP contribution in [-0.4, -0.2) is 47.6 Å². The van der Waals surface area contributed by atoms with E-state index in [-0.39, 0.29) is 11.9 Å². The summed E-state index contributed by atoms with van der Waals surface area (Å²) in [5.41, 5.74) is 1.71. The highest BCUT2D eigenvalue weighted by Crippen LogP contribution is 2.19. The maximum atomic E-state index is 12.3. The molecular weight excluding hydrogens is 302 g/mol. The topological polar surface area (TPSA) is 72.4 Å². The van der Waals surface area contributed by atoms with Crippen molar-refractivity contribution in [2.75, 3.05) is 18.8 Å². The van der Waals surface area contributed by atoms with Crippen LogP contribution in [0.4, 0.5) is 0 Å². The maximum absolute atomic E-state index is 12.3. The Labute approximate surface area is 133 Å². The first kappa shape index (κ1) is 17.1. The highest BCUT2D eigenvalue weighted by Gasteiger charge is 2.29. The van der Waals surface area contributed by atoms with Crippen LogP contribution < -0.4 is 4.74 Å². The van der Waals surface area contributed by atoms with Gasteiger partial charge in [0.1, 0.15) is 6.10 Å². The van der Waals surface area contributed by atoms with Crippen LogP contribution >= 0.6 is 0 Å². The van der Waals surface area contributed by atoms with E-state index in [9.17, 15) is 8.42 Å². The molecule has 0 radical (unpaired) electrons. The molecule has 0 bridgehead atoms. The van der Waals surface area contributed by atoms with Crippen molar-refractivity contribution in [2.24, 2.45) is 0 Å². The molecule has 0 spiro atoms. The van der Waals surface area contributed by atoms with Gasteiger partial charge in [-0.25, -0.2) is 18.4 Å². The van der Waals surface area contributed by atoms with Gasteiger partial charge in [0.2, 0.25) is 10.0 Å². The lowest BCUT2D eigenvalue weighted by molar-refractivity contribution is 0.119. The van der Waals surface area contributed by atoms with Gasteiger partial charge in [0.05, 0.1) is 12.3 Å². The van der Waals surface area contributed by atoms with Gasteiger partial charge in [0.25, 0.3) is 0 Å². The van der Waals surface area contributed by atoms with Gasteiger partial charge >= 0.3 is 6.01 Å². The molecule has 0 saturated carbocycles. The zero-order chi connectivity index (χ0) is 16.2. The van der Waals surface area contributed by atoms with Crippen molar-refractivity contribution in [1.82, 2.24) is 14.3 Å². The van der Waals surface area contributed by atoms with Crippen LogP contribution in [0.5, 0.6) is 6.01 Å². The average molecular weight is 327 g/mol. The van der Waals surface area contributed by atoms with E-state index in [1.165, 1.54) is 0 Å². The Morgan fingerprint density at radius 3 is 2.64 bits per heavy atom. The summed E-state index contributed by atoms with van der Waals surface area (Å²) in [4.78, 5) is 8.53. The third kappa shape index (κ3) is 4.64. The van der Waals surface area contributed by atoms with Crippen LogP contribution in [0.15, 0.2) is 6.07 Å². The molecule has 6 nitrogen and oxygen atoms in total. The van der Waals surface area contributed by atoms with E-state index in [2.05, 4.69) is 9.97 Å². The second-order valence-electron chi connectivity index (χ2n) is 5.84. The molecule has 0 aromatic carbocycles. The number of rotatable bonds is 6. The van der Waals surface area contributed by atoms with Crippen molar-refractivity contribution in [3.63, 3.8) is 0 Å². The predicted octanol–water partition coefficient (Wildman–Crippen LogP) is 2.07. The van der Waals surface area contributed by atoms with E-state index in [1.807, 2.05) is 26.8 Å². The SMILES string of the molecule is CCCCS(=O)(=O)N1CCCC(Oc2nc(C)cc(C)n2)C1.